The van der Waals surface area contributed by atoms with Crippen LogP contribution in [0.15, 0.2) is 48.8 Å². The van der Waals surface area contributed by atoms with Crippen molar-refractivity contribution in [2.24, 2.45) is 11.1 Å². The fraction of sp³-hybridized carbons (Fsp3) is 0.455. The molecule has 5 nitrogen and oxygen atoms in total. The Balaban J connectivity index is 1.37. The highest BCUT2D eigenvalue weighted by Gasteiger charge is 2.56. The highest BCUT2D eigenvalue weighted by Crippen LogP contribution is 2.53. The van der Waals surface area contributed by atoms with Crippen molar-refractivity contribution in [3.05, 3.63) is 54.4 Å². The molecule has 0 radical (unpaired) electrons. The summed E-state index contributed by atoms with van der Waals surface area (Å²) in [4.78, 5) is 16.8. The number of carbonyl (C=O) groups is 1. The molecule has 0 bridgehead atoms. The summed E-state index contributed by atoms with van der Waals surface area (Å²) >= 11 is 0. The lowest BCUT2D eigenvalue weighted by molar-refractivity contribution is -0.142. The second kappa shape index (κ2) is 7.06. The van der Waals surface area contributed by atoms with Gasteiger partial charge in [-0.05, 0) is 66.8 Å². The second-order valence-corrected chi connectivity index (χ2v) is 8.18. The van der Waals surface area contributed by atoms with E-state index >= 15 is 0 Å². The lowest BCUT2D eigenvalue weighted by Crippen LogP contribution is -2.67. The van der Waals surface area contributed by atoms with Crippen molar-refractivity contribution in [1.29, 1.82) is 0 Å². The minimum absolute atomic E-state index is 0.0367. The number of hydrogen-bond donors (Lipinski definition) is 2. The Morgan fingerprint density at radius 3 is 2.30 bits per heavy atom. The first-order valence-corrected chi connectivity index (χ1v) is 9.68. The van der Waals surface area contributed by atoms with Crippen molar-refractivity contribution in [3.63, 3.8) is 0 Å². The van der Waals surface area contributed by atoms with Gasteiger partial charge in [0.2, 0.25) is 5.91 Å². The number of nitrogens with two attached hydrogens (primary N) is 1. The monoisotopic (exact) mass is 365 g/mol. The molecule has 1 unspecified atom stereocenters. The summed E-state index contributed by atoms with van der Waals surface area (Å²) < 4.78 is 5.45. The predicted octanol–water partition coefficient (Wildman–Crippen LogP) is 3.21. The Morgan fingerprint density at radius 1 is 1.07 bits per heavy atom. The summed E-state index contributed by atoms with van der Waals surface area (Å²) in [6.07, 6.45) is 7.15. The van der Waals surface area contributed by atoms with Crippen LogP contribution in [0.3, 0.4) is 0 Å². The molecule has 2 aliphatic rings. The van der Waals surface area contributed by atoms with Gasteiger partial charge in [-0.3, -0.25) is 9.78 Å². The van der Waals surface area contributed by atoms with Crippen LogP contribution in [0.1, 0.15) is 44.2 Å². The first kappa shape index (κ1) is 18.1. The molecule has 4 rings (SSSR count). The zero-order valence-corrected chi connectivity index (χ0v) is 15.8. The molecule has 5 heteroatoms. The molecule has 1 spiro atoms. The van der Waals surface area contributed by atoms with Gasteiger partial charge in [-0.1, -0.05) is 24.3 Å². The van der Waals surface area contributed by atoms with Gasteiger partial charge in [0.15, 0.2) is 0 Å². The molecular formula is C22H27N3O2. The van der Waals surface area contributed by atoms with Gasteiger partial charge in [0.05, 0.1) is 11.6 Å². The summed E-state index contributed by atoms with van der Waals surface area (Å²) in [5.74, 6) is -0.0367. The van der Waals surface area contributed by atoms with E-state index < -0.39 is 5.54 Å². The van der Waals surface area contributed by atoms with Crippen LogP contribution in [0.5, 0.6) is 0 Å². The summed E-state index contributed by atoms with van der Waals surface area (Å²) in [5, 5.41) is 3.11. The van der Waals surface area contributed by atoms with E-state index in [4.69, 9.17) is 10.5 Å². The summed E-state index contributed by atoms with van der Waals surface area (Å²) in [6.45, 7) is 3.58. The molecular weight excluding hydrogens is 338 g/mol. The van der Waals surface area contributed by atoms with Crippen LogP contribution in [0.4, 0.5) is 0 Å². The van der Waals surface area contributed by atoms with Gasteiger partial charge in [-0.15, -0.1) is 0 Å². The van der Waals surface area contributed by atoms with Crippen molar-refractivity contribution < 1.29 is 9.53 Å². The molecule has 2 heterocycles. The Bertz CT molecular complexity index is 790. The van der Waals surface area contributed by atoms with Gasteiger partial charge in [-0.25, -0.2) is 0 Å². The van der Waals surface area contributed by atoms with Crippen molar-refractivity contribution in [1.82, 2.24) is 10.3 Å². The minimum atomic E-state index is -0.734. The standard InChI is InChI=1S/C22H27N3O2/c1-16(17-2-4-18(5-3-17)19-6-10-24-11-7-19)25-20(26)22(23)14-21(15-22)8-12-27-13-9-21/h2-7,10-11,16H,8-9,12-15,23H2,1H3,(H,25,26). The maximum absolute atomic E-state index is 12.8. The largest absolute Gasteiger partial charge is 0.381 e. The number of benzene rings is 1. The number of nitrogens with one attached hydrogen (secondary N) is 1. The minimum Gasteiger partial charge on any atom is -0.381 e. The maximum Gasteiger partial charge on any atom is 0.240 e. The maximum atomic E-state index is 12.8. The molecule has 27 heavy (non-hydrogen) atoms. The molecule has 1 amide bonds. The third kappa shape index (κ3) is 3.62. The molecule has 1 aromatic carbocycles. The van der Waals surface area contributed by atoms with E-state index in [1.165, 1.54) is 0 Å². The van der Waals surface area contributed by atoms with E-state index in [-0.39, 0.29) is 17.4 Å². The average molecular weight is 365 g/mol. The predicted molar refractivity (Wildman–Crippen MR) is 105 cm³/mol. The smallest absolute Gasteiger partial charge is 0.240 e. The molecule has 3 N–H and O–H groups in total. The number of hydrogen-bond acceptors (Lipinski definition) is 4. The number of pyridine rings is 1. The number of rotatable bonds is 4. The molecule has 1 aliphatic carbocycles. The van der Waals surface area contributed by atoms with Crippen molar-refractivity contribution in [3.8, 4) is 11.1 Å². The van der Waals surface area contributed by atoms with E-state index in [2.05, 4.69) is 34.6 Å². The van der Waals surface area contributed by atoms with Crippen molar-refractivity contribution >= 4 is 5.91 Å². The molecule has 1 saturated heterocycles. The third-order valence-corrected chi connectivity index (χ3v) is 6.16. The quantitative estimate of drug-likeness (QED) is 0.872. The lowest BCUT2D eigenvalue weighted by atomic mass is 9.54. The normalized spacial score (nSPS) is 21.3. The summed E-state index contributed by atoms with van der Waals surface area (Å²) in [5.41, 5.74) is 9.25. The summed E-state index contributed by atoms with van der Waals surface area (Å²) in [7, 11) is 0. The van der Waals surface area contributed by atoms with Crippen LogP contribution in [-0.2, 0) is 9.53 Å². The molecule has 1 atom stereocenters. The zero-order chi connectivity index (χ0) is 18.9. The first-order valence-electron chi connectivity index (χ1n) is 9.68. The molecule has 2 fully saturated rings. The van der Waals surface area contributed by atoms with E-state index in [1.54, 1.807) is 12.4 Å². The highest BCUT2D eigenvalue weighted by atomic mass is 16.5. The van der Waals surface area contributed by atoms with Crippen LogP contribution < -0.4 is 11.1 Å². The number of amides is 1. The number of aromatic nitrogens is 1. The molecule has 1 saturated carbocycles. The SMILES string of the molecule is CC(NC(=O)C1(N)CC2(CCOCC2)C1)c1ccc(-c2ccncc2)cc1. The molecule has 1 aromatic heterocycles. The van der Waals surface area contributed by atoms with Gasteiger partial charge in [0, 0.05) is 25.6 Å². The van der Waals surface area contributed by atoms with Gasteiger partial charge in [-0.2, -0.15) is 0 Å². The van der Waals surface area contributed by atoms with E-state index in [9.17, 15) is 4.79 Å². The zero-order valence-electron chi connectivity index (χ0n) is 15.8. The summed E-state index contributed by atoms with van der Waals surface area (Å²) in [6, 6.07) is 12.2. The average Bonchev–Trinajstić information content (AvgIpc) is 2.68. The van der Waals surface area contributed by atoms with Gasteiger partial charge < -0.3 is 15.8 Å². The van der Waals surface area contributed by atoms with E-state index in [1.807, 2.05) is 19.1 Å². The van der Waals surface area contributed by atoms with Crippen LogP contribution >= 0.6 is 0 Å². The molecule has 142 valence electrons. The highest BCUT2D eigenvalue weighted by molar-refractivity contribution is 5.88. The van der Waals surface area contributed by atoms with Crippen LogP contribution in [0.2, 0.25) is 0 Å². The Hall–Kier alpha value is -2.24. The molecule has 1 aliphatic heterocycles. The fourth-order valence-corrected chi connectivity index (χ4v) is 4.54. The number of carbonyl (C=O) groups excluding carboxylic acids is 1. The lowest BCUT2D eigenvalue weighted by Gasteiger charge is -2.55. The van der Waals surface area contributed by atoms with Gasteiger partial charge >= 0.3 is 0 Å². The fourth-order valence-electron chi connectivity index (χ4n) is 4.54. The van der Waals surface area contributed by atoms with Crippen molar-refractivity contribution in [2.75, 3.05) is 13.2 Å². The Morgan fingerprint density at radius 2 is 1.67 bits per heavy atom. The third-order valence-electron chi connectivity index (χ3n) is 6.16. The van der Waals surface area contributed by atoms with Gasteiger partial charge in [0.25, 0.3) is 0 Å². The van der Waals surface area contributed by atoms with Gasteiger partial charge in [0.1, 0.15) is 0 Å². The van der Waals surface area contributed by atoms with Crippen molar-refractivity contribution in [2.45, 2.75) is 44.2 Å². The van der Waals surface area contributed by atoms with E-state index in [0.29, 0.717) is 0 Å². The first-order chi connectivity index (χ1) is 13.0. The van der Waals surface area contributed by atoms with Crippen LogP contribution in [-0.4, -0.2) is 29.6 Å². The molecule has 2 aromatic rings. The topological polar surface area (TPSA) is 77.2 Å². The van der Waals surface area contributed by atoms with E-state index in [0.717, 1.165) is 55.6 Å². The Labute approximate surface area is 160 Å². The number of ether oxygens (including phenoxy) is 1. The van der Waals surface area contributed by atoms with Crippen LogP contribution in [0, 0.1) is 5.41 Å². The number of nitrogens with zero attached hydrogens (tertiary/aromatic N) is 1. The van der Waals surface area contributed by atoms with Crippen LogP contribution in [0.25, 0.3) is 11.1 Å². The second-order valence-electron chi connectivity index (χ2n) is 8.18. The Kier molecular flexibility index (Phi) is 4.74.